The van der Waals surface area contributed by atoms with Crippen molar-refractivity contribution >= 4 is 17.4 Å². The third-order valence-electron chi connectivity index (χ3n) is 2.42. The molecule has 0 radical (unpaired) electrons. The number of Topliss-reactive ketones (excluding diaryl/α,β-unsaturated/α-hetero) is 1. The molecule has 1 nitrogen and oxygen atoms in total. The van der Waals surface area contributed by atoms with Crippen LogP contribution in [-0.4, -0.2) is 5.78 Å². The average molecular weight is 223 g/mol. The normalized spacial score (nSPS) is 13.7. The average Bonchev–Trinajstić information content (AvgIpc) is 2.27. The summed E-state index contributed by atoms with van der Waals surface area (Å²) in [7, 11) is 0. The Morgan fingerprint density at radius 2 is 1.87 bits per heavy atom. The van der Waals surface area contributed by atoms with Crippen LogP contribution in [0.15, 0.2) is 35.4 Å². The summed E-state index contributed by atoms with van der Waals surface area (Å²) < 4.78 is 0. The van der Waals surface area contributed by atoms with Gasteiger partial charge in [-0.25, -0.2) is 0 Å². The molecule has 1 aromatic rings. The van der Waals surface area contributed by atoms with Crippen molar-refractivity contribution in [2.45, 2.75) is 20.8 Å². The lowest BCUT2D eigenvalue weighted by Gasteiger charge is -2.09. The molecule has 1 unspecified atom stereocenters. The number of allylic oxidation sites excluding steroid dienone is 2. The number of carbonyl (C=O) groups excluding carboxylic acids is 1. The minimum absolute atomic E-state index is 0.0677. The summed E-state index contributed by atoms with van der Waals surface area (Å²) >= 11 is 5.93. The van der Waals surface area contributed by atoms with Gasteiger partial charge in [-0.2, -0.15) is 0 Å². The lowest BCUT2D eigenvalue weighted by molar-refractivity contribution is 0.0951. The lowest BCUT2D eigenvalue weighted by atomic mass is 9.98. The molecule has 1 rings (SSSR count). The van der Waals surface area contributed by atoms with E-state index in [1.165, 1.54) is 0 Å². The third-order valence-corrected chi connectivity index (χ3v) is 2.96. The Kier molecular flexibility index (Phi) is 4.10. The van der Waals surface area contributed by atoms with E-state index >= 15 is 0 Å². The van der Waals surface area contributed by atoms with Gasteiger partial charge in [-0.15, -0.1) is 0 Å². The monoisotopic (exact) mass is 222 g/mol. The van der Waals surface area contributed by atoms with Crippen LogP contribution >= 0.6 is 11.6 Å². The van der Waals surface area contributed by atoms with E-state index in [0.29, 0.717) is 10.6 Å². The van der Waals surface area contributed by atoms with Gasteiger partial charge in [0.25, 0.3) is 0 Å². The summed E-state index contributed by atoms with van der Waals surface area (Å²) in [5, 5.41) is 0.598. The number of hydrogen-bond donors (Lipinski definition) is 0. The molecule has 0 aliphatic carbocycles. The topological polar surface area (TPSA) is 17.1 Å². The molecule has 80 valence electrons. The smallest absolute Gasteiger partial charge is 0.170 e. The Morgan fingerprint density at radius 3 is 2.33 bits per heavy atom. The second-order valence-corrected chi connectivity index (χ2v) is 4.06. The number of benzene rings is 1. The van der Waals surface area contributed by atoms with Gasteiger partial charge in [-0.3, -0.25) is 4.79 Å². The molecule has 0 heterocycles. The second-order valence-electron chi connectivity index (χ2n) is 3.63. The van der Waals surface area contributed by atoms with Crippen LogP contribution < -0.4 is 0 Å². The lowest BCUT2D eigenvalue weighted by Crippen LogP contribution is -2.11. The van der Waals surface area contributed by atoms with Gasteiger partial charge in [-0.05, 0) is 13.8 Å². The summed E-state index contributed by atoms with van der Waals surface area (Å²) in [5.41, 5.74) is 1.87. The Bertz CT molecular complexity index is 376. The van der Waals surface area contributed by atoms with E-state index in [-0.39, 0.29) is 11.7 Å². The summed E-state index contributed by atoms with van der Waals surface area (Å²) in [6.07, 6.45) is 1.76. The van der Waals surface area contributed by atoms with E-state index in [4.69, 9.17) is 11.6 Å². The fourth-order valence-electron chi connectivity index (χ4n) is 1.34. The van der Waals surface area contributed by atoms with Crippen molar-refractivity contribution in [3.63, 3.8) is 0 Å². The first-order valence-electron chi connectivity index (χ1n) is 4.99. The summed E-state index contributed by atoms with van der Waals surface area (Å²) in [6, 6.07) is 7.55. The van der Waals surface area contributed by atoms with Crippen LogP contribution in [0.2, 0.25) is 0 Å². The zero-order valence-corrected chi connectivity index (χ0v) is 10.0. The van der Waals surface area contributed by atoms with Gasteiger partial charge in [0, 0.05) is 10.6 Å². The van der Waals surface area contributed by atoms with Crippen LogP contribution in [0.5, 0.6) is 0 Å². The molecule has 15 heavy (non-hydrogen) atoms. The molecule has 2 heteroatoms. The molecule has 0 aliphatic rings. The Morgan fingerprint density at radius 1 is 1.33 bits per heavy atom. The van der Waals surface area contributed by atoms with Crippen LogP contribution in [0.1, 0.15) is 29.8 Å². The number of rotatable bonds is 3. The van der Waals surface area contributed by atoms with E-state index in [1.54, 1.807) is 6.08 Å². The molecule has 0 N–H and O–H groups in total. The first-order chi connectivity index (χ1) is 7.06. The molecular formula is C13H15ClO. The van der Waals surface area contributed by atoms with E-state index in [9.17, 15) is 4.79 Å². The van der Waals surface area contributed by atoms with E-state index < -0.39 is 0 Å². The number of hydrogen-bond acceptors (Lipinski definition) is 1. The van der Waals surface area contributed by atoms with Crippen molar-refractivity contribution in [3.05, 3.63) is 46.5 Å². The fourth-order valence-corrected chi connectivity index (χ4v) is 1.44. The van der Waals surface area contributed by atoms with Gasteiger partial charge in [0.05, 0.1) is 5.92 Å². The van der Waals surface area contributed by atoms with Crippen molar-refractivity contribution in [3.8, 4) is 0 Å². The Labute approximate surface area is 95.8 Å². The maximum atomic E-state index is 11.9. The van der Waals surface area contributed by atoms with Crippen molar-refractivity contribution in [1.82, 2.24) is 0 Å². The van der Waals surface area contributed by atoms with Crippen LogP contribution in [0.4, 0.5) is 0 Å². The van der Waals surface area contributed by atoms with Gasteiger partial charge < -0.3 is 0 Å². The minimum atomic E-state index is -0.251. The first kappa shape index (κ1) is 12.0. The predicted molar refractivity (Wildman–Crippen MR) is 64.3 cm³/mol. The third kappa shape index (κ3) is 2.93. The highest BCUT2D eigenvalue weighted by molar-refractivity contribution is 6.31. The highest BCUT2D eigenvalue weighted by Crippen LogP contribution is 2.20. The minimum Gasteiger partial charge on any atom is -0.293 e. The highest BCUT2D eigenvalue weighted by atomic mass is 35.5. The van der Waals surface area contributed by atoms with E-state index in [0.717, 1.165) is 5.56 Å². The Hall–Kier alpha value is -1.08. The maximum Gasteiger partial charge on any atom is 0.170 e. The SMILES string of the molecule is C/C=C(\Cl)C(C)C(=O)c1ccc(C)cc1. The van der Waals surface area contributed by atoms with Gasteiger partial charge in [0.15, 0.2) is 5.78 Å². The quantitative estimate of drug-likeness (QED) is 0.708. The summed E-state index contributed by atoms with van der Waals surface area (Å²) in [6.45, 7) is 5.66. The predicted octanol–water partition coefficient (Wildman–Crippen LogP) is 3.96. The van der Waals surface area contributed by atoms with E-state index in [1.807, 2.05) is 45.0 Å². The van der Waals surface area contributed by atoms with Crippen LogP contribution in [-0.2, 0) is 0 Å². The molecular weight excluding hydrogens is 208 g/mol. The molecule has 0 aromatic heterocycles. The largest absolute Gasteiger partial charge is 0.293 e. The molecule has 0 amide bonds. The number of ketones is 1. The molecule has 0 aliphatic heterocycles. The molecule has 0 fully saturated rings. The summed E-state index contributed by atoms with van der Waals surface area (Å²) in [4.78, 5) is 11.9. The molecule has 0 saturated carbocycles. The molecule has 0 saturated heterocycles. The second kappa shape index (κ2) is 5.13. The molecule has 1 aromatic carbocycles. The van der Waals surface area contributed by atoms with Crippen molar-refractivity contribution in [2.24, 2.45) is 5.92 Å². The molecule has 1 atom stereocenters. The van der Waals surface area contributed by atoms with Gasteiger partial charge in [0.2, 0.25) is 0 Å². The zero-order chi connectivity index (χ0) is 11.4. The fraction of sp³-hybridized carbons (Fsp3) is 0.308. The van der Waals surface area contributed by atoms with Gasteiger partial charge in [0.1, 0.15) is 0 Å². The zero-order valence-electron chi connectivity index (χ0n) is 9.25. The van der Waals surface area contributed by atoms with Crippen molar-refractivity contribution in [1.29, 1.82) is 0 Å². The maximum absolute atomic E-state index is 11.9. The van der Waals surface area contributed by atoms with Crippen LogP contribution in [0.25, 0.3) is 0 Å². The first-order valence-corrected chi connectivity index (χ1v) is 5.36. The van der Waals surface area contributed by atoms with Crippen LogP contribution in [0, 0.1) is 12.8 Å². The summed E-state index contributed by atoms with van der Waals surface area (Å²) in [5.74, 6) is -0.183. The Balaban J connectivity index is 2.90. The van der Waals surface area contributed by atoms with Crippen molar-refractivity contribution < 1.29 is 4.79 Å². The number of halogens is 1. The van der Waals surface area contributed by atoms with Gasteiger partial charge in [-0.1, -0.05) is 54.4 Å². The highest BCUT2D eigenvalue weighted by Gasteiger charge is 2.17. The van der Waals surface area contributed by atoms with Gasteiger partial charge >= 0.3 is 0 Å². The molecule has 0 bridgehead atoms. The van der Waals surface area contributed by atoms with Crippen molar-refractivity contribution in [2.75, 3.05) is 0 Å². The van der Waals surface area contributed by atoms with E-state index in [2.05, 4.69) is 0 Å². The molecule has 0 spiro atoms. The number of carbonyl (C=O) groups is 1. The van der Waals surface area contributed by atoms with Crippen LogP contribution in [0.3, 0.4) is 0 Å². The standard InChI is InChI=1S/C13H15ClO/c1-4-12(14)10(3)13(15)11-7-5-9(2)6-8-11/h4-8,10H,1-3H3/b12-4-. The number of aryl methyl sites for hydroxylation is 1.